The molecule has 1 aromatic carbocycles. The average Bonchev–Trinajstić information content (AvgIpc) is 2.48. The highest BCUT2D eigenvalue weighted by atomic mass is 32.2. The van der Waals surface area contributed by atoms with Crippen molar-refractivity contribution in [3.63, 3.8) is 0 Å². The number of pyridine rings is 1. The van der Waals surface area contributed by atoms with Crippen molar-refractivity contribution in [2.45, 2.75) is 4.90 Å². The summed E-state index contributed by atoms with van der Waals surface area (Å²) in [7, 11) is -3.46. The number of benzene rings is 1. The van der Waals surface area contributed by atoms with Gasteiger partial charge in [0.05, 0.1) is 28.5 Å². The van der Waals surface area contributed by atoms with Crippen LogP contribution in [0.1, 0.15) is 5.56 Å². The van der Waals surface area contributed by atoms with E-state index in [1.807, 2.05) is 6.07 Å². The average molecular weight is 288 g/mol. The summed E-state index contributed by atoms with van der Waals surface area (Å²) in [6.45, 7) is 0.0325. The van der Waals surface area contributed by atoms with Gasteiger partial charge in [0.1, 0.15) is 12.4 Å². The van der Waals surface area contributed by atoms with Crippen molar-refractivity contribution in [2.24, 2.45) is 0 Å². The van der Waals surface area contributed by atoms with E-state index in [0.29, 0.717) is 11.3 Å². The molecule has 6 heteroatoms. The summed E-state index contributed by atoms with van der Waals surface area (Å²) >= 11 is 0. The highest BCUT2D eigenvalue weighted by Gasteiger charge is 2.15. The first-order chi connectivity index (χ1) is 9.62. The van der Waals surface area contributed by atoms with Gasteiger partial charge in [0.2, 0.25) is 0 Å². The number of hydrogen-bond donors (Lipinski definition) is 0. The predicted octanol–water partition coefficient (Wildman–Crippen LogP) is 1.81. The molecule has 0 aliphatic carbocycles. The Hall–Kier alpha value is -2.39. The largest absolute Gasteiger partial charge is 0.491 e. The smallest absolute Gasteiger partial charge is 0.181 e. The van der Waals surface area contributed by atoms with Crippen molar-refractivity contribution in [1.82, 2.24) is 4.98 Å². The molecule has 0 saturated heterocycles. The zero-order valence-electron chi connectivity index (χ0n) is 10.6. The normalized spacial score (nSPS) is 10.8. The lowest BCUT2D eigenvalue weighted by atomic mass is 10.2. The second-order valence-electron chi connectivity index (χ2n) is 4.00. The molecule has 0 saturated carbocycles. The first-order valence-corrected chi connectivity index (χ1v) is 7.53. The predicted molar refractivity (Wildman–Crippen MR) is 72.9 cm³/mol. The van der Waals surface area contributed by atoms with Gasteiger partial charge < -0.3 is 4.74 Å². The van der Waals surface area contributed by atoms with E-state index in [2.05, 4.69) is 4.98 Å². The van der Waals surface area contributed by atoms with Gasteiger partial charge in [-0.2, -0.15) is 5.26 Å². The minimum atomic E-state index is -3.46. The molecule has 0 N–H and O–H groups in total. The van der Waals surface area contributed by atoms with E-state index >= 15 is 0 Å². The third-order valence-corrected chi connectivity index (χ3v) is 4.25. The summed E-state index contributed by atoms with van der Waals surface area (Å²) in [5.41, 5.74) is 0.319. The summed E-state index contributed by atoms with van der Waals surface area (Å²) in [5, 5.41) is 8.78. The molecule has 0 bridgehead atoms. The Morgan fingerprint density at radius 1 is 1.25 bits per heavy atom. The molecule has 2 aromatic rings. The first-order valence-electron chi connectivity index (χ1n) is 5.87. The quantitative estimate of drug-likeness (QED) is 0.838. The molecule has 2 rings (SSSR count). The Labute approximate surface area is 117 Å². The van der Waals surface area contributed by atoms with Crippen LogP contribution >= 0.6 is 0 Å². The minimum Gasteiger partial charge on any atom is -0.491 e. The Balaban J connectivity index is 2.02. The van der Waals surface area contributed by atoms with Crippen molar-refractivity contribution >= 4 is 9.84 Å². The van der Waals surface area contributed by atoms with Crippen LogP contribution in [0.25, 0.3) is 0 Å². The molecule has 0 fully saturated rings. The summed E-state index contributed by atoms with van der Waals surface area (Å²) < 4.78 is 29.5. The van der Waals surface area contributed by atoms with Gasteiger partial charge in [-0.3, -0.25) is 4.98 Å². The van der Waals surface area contributed by atoms with E-state index in [4.69, 9.17) is 10.00 Å². The van der Waals surface area contributed by atoms with Crippen molar-refractivity contribution in [3.8, 4) is 11.8 Å². The van der Waals surface area contributed by atoms with Crippen LogP contribution in [0.3, 0.4) is 0 Å². The second-order valence-corrected chi connectivity index (χ2v) is 6.10. The number of nitriles is 1. The maximum atomic E-state index is 12.1. The summed E-state index contributed by atoms with van der Waals surface area (Å²) in [6, 6.07) is 11.3. The van der Waals surface area contributed by atoms with Crippen LogP contribution in [0, 0.1) is 11.3 Å². The second kappa shape index (κ2) is 6.17. The first kappa shape index (κ1) is 14.0. The van der Waals surface area contributed by atoms with Gasteiger partial charge >= 0.3 is 0 Å². The van der Waals surface area contributed by atoms with Gasteiger partial charge in [-0.05, 0) is 30.3 Å². The van der Waals surface area contributed by atoms with Crippen molar-refractivity contribution in [1.29, 1.82) is 5.26 Å². The van der Waals surface area contributed by atoms with E-state index in [-0.39, 0.29) is 17.3 Å². The van der Waals surface area contributed by atoms with E-state index in [1.165, 1.54) is 18.3 Å². The van der Waals surface area contributed by atoms with Gasteiger partial charge in [0.25, 0.3) is 0 Å². The lowest BCUT2D eigenvalue weighted by molar-refractivity contribution is 0.339. The molecular formula is C14H12N2O3S. The van der Waals surface area contributed by atoms with Gasteiger partial charge in [-0.15, -0.1) is 0 Å². The van der Waals surface area contributed by atoms with Crippen LogP contribution in [-0.2, 0) is 9.84 Å². The molecule has 1 heterocycles. The maximum absolute atomic E-state index is 12.1. The molecule has 1 aromatic heterocycles. The van der Waals surface area contributed by atoms with Crippen molar-refractivity contribution in [2.75, 3.05) is 12.4 Å². The molecule has 0 aliphatic heterocycles. The SMILES string of the molecule is N#Cc1cccc(S(=O)(=O)CCOc2cccnc2)c1. The fraction of sp³-hybridized carbons (Fsp3) is 0.143. The number of sulfone groups is 1. The van der Waals surface area contributed by atoms with Crippen LogP contribution in [0.4, 0.5) is 0 Å². The zero-order chi connectivity index (χ0) is 14.4. The highest BCUT2D eigenvalue weighted by Crippen LogP contribution is 2.13. The van der Waals surface area contributed by atoms with E-state index in [9.17, 15) is 8.42 Å². The van der Waals surface area contributed by atoms with Crippen LogP contribution < -0.4 is 4.74 Å². The number of hydrogen-bond acceptors (Lipinski definition) is 5. The zero-order valence-corrected chi connectivity index (χ0v) is 11.4. The molecule has 0 radical (unpaired) electrons. The molecule has 0 amide bonds. The van der Waals surface area contributed by atoms with Crippen molar-refractivity contribution < 1.29 is 13.2 Å². The Morgan fingerprint density at radius 2 is 2.10 bits per heavy atom. The van der Waals surface area contributed by atoms with Gasteiger partial charge in [-0.1, -0.05) is 6.07 Å². The van der Waals surface area contributed by atoms with Crippen LogP contribution in [0.5, 0.6) is 5.75 Å². The van der Waals surface area contributed by atoms with Gasteiger partial charge in [-0.25, -0.2) is 8.42 Å². The lowest BCUT2D eigenvalue weighted by Crippen LogP contribution is -2.14. The topological polar surface area (TPSA) is 80.0 Å². The number of aromatic nitrogens is 1. The fourth-order valence-electron chi connectivity index (χ4n) is 1.58. The van der Waals surface area contributed by atoms with E-state index in [0.717, 1.165) is 0 Å². The third-order valence-electron chi connectivity index (χ3n) is 2.58. The van der Waals surface area contributed by atoms with Crippen LogP contribution in [0.15, 0.2) is 53.7 Å². The molecule has 0 spiro atoms. The molecule has 0 atom stereocenters. The molecule has 0 aliphatic rings. The Kier molecular flexibility index (Phi) is 4.33. The molecule has 0 unspecified atom stereocenters. The number of rotatable bonds is 5. The number of nitrogens with zero attached hydrogens (tertiary/aromatic N) is 2. The van der Waals surface area contributed by atoms with Gasteiger partial charge in [0.15, 0.2) is 9.84 Å². The van der Waals surface area contributed by atoms with Crippen LogP contribution in [-0.4, -0.2) is 25.8 Å². The monoisotopic (exact) mass is 288 g/mol. The van der Waals surface area contributed by atoms with E-state index in [1.54, 1.807) is 30.5 Å². The lowest BCUT2D eigenvalue weighted by Gasteiger charge is -2.07. The fourth-order valence-corrected chi connectivity index (χ4v) is 2.71. The molecule has 102 valence electrons. The third kappa shape index (κ3) is 3.56. The number of ether oxygens (including phenoxy) is 1. The summed E-state index contributed by atoms with van der Waals surface area (Å²) in [5.74, 6) is 0.366. The van der Waals surface area contributed by atoms with Gasteiger partial charge in [0, 0.05) is 6.20 Å². The van der Waals surface area contributed by atoms with Crippen molar-refractivity contribution in [3.05, 3.63) is 54.4 Å². The summed E-state index contributed by atoms with van der Waals surface area (Å²) in [6.07, 6.45) is 3.12. The maximum Gasteiger partial charge on any atom is 0.181 e. The minimum absolute atomic E-state index is 0.0325. The Morgan fingerprint density at radius 3 is 2.80 bits per heavy atom. The highest BCUT2D eigenvalue weighted by molar-refractivity contribution is 7.91. The molecule has 5 nitrogen and oxygen atoms in total. The standard InChI is InChI=1S/C14H12N2O3S/c15-10-12-3-1-5-14(9-12)20(17,18)8-7-19-13-4-2-6-16-11-13/h1-6,9,11H,7-8H2. The van der Waals surface area contributed by atoms with E-state index < -0.39 is 9.84 Å². The van der Waals surface area contributed by atoms with Crippen LogP contribution in [0.2, 0.25) is 0 Å². The Bertz CT molecular complexity index is 722. The molecular weight excluding hydrogens is 276 g/mol. The molecule has 20 heavy (non-hydrogen) atoms. The summed E-state index contributed by atoms with van der Waals surface area (Å²) in [4.78, 5) is 4.00.